The molecule has 1 aromatic carbocycles. The quantitative estimate of drug-likeness (QED) is 0.436. The third kappa shape index (κ3) is 5.13. The van der Waals surface area contributed by atoms with Crippen molar-refractivity contribution >= 4 is 38.5 Å². The maximum atomic E-state index is 14.5. The predicted molar refractivity (Wildman–Crippen MR) is 126 cm³/mol. The Kier molecular flexibility index (Phi) is 7.20. The van der Waals surface area contributed by atoms with E-state index in [1.165, 1.54) is 24.5 Å². The van der Waals surface area contributed by atoms with E-state index >= 15 is 0 Å². The number of hydrogen-bond donors (Lipinski definition) is 0. The topological polar surface area (TPSA) is 56.2 Å². The van der Waals surface area contributed by atoms with Crippen LogP contribution in [0.3, 0.4) is 0 Å². The highest BCUT2D eigenvalue weighted by atomic mass is 32.2. The summed E-state index contributed by atoms with van der Waals surface area (Å²) in [6.45, 7) is 0.297. The second kappa shape index (κ2) is 9.67. The molecule has 0 saturated heterocycles. The molecule has 0 bridgehead atoms. The van der Waals surface area contributed by atoms with E-state index in [2.05, 4.69) is 5.10 Å². The van der Waals surface area contributed by atoms with Gasteiger partial charge < -0.3 is 0 Å². The lowest BCUT2D eigenvalue weighted by Gasteiger charge is -2.28. The lowest BCUT2D eigenvalue weighted by atomic mass is 10.0. The molecule has 2 aliphatic heterocycles. The van der Waals surface area contributed by atoms with Gasteiger partial charge in [0.15, 0.2) is 5.82 Å². The molecule has 37 heavy (non-hydrogen) atoms. The maximum absolute atomic E-state index is 14.5. The fraction of sp³-hybridized carbons (Fsp3) is 0.409. The highest BCUT2D eigenvalue weighted by molar-refractivity contribution is 7.86. The minimum atomic E-state index is -5.90. The van der Waals surface area contributed by atoms with Gasteiger partial charge in [-0.05, 0) is 36.3 Å². The number of halogens is 7. The highest BCUT2D eigenvalue weighted by Gasteiger charge is 2.63. The van der Waals surface area contributed by atoms with E-state index in [9.17, 15) is 39.2 Å². The van der Waals surface area contributed by atoms with Crippen LogP contribution in [0, 0.1) is 11.6 Å². The Morgan fingerprint density at radius 1 is 1.08 bits per heavy atom. The molecular weight excluding hydrogens is 549 g/mol. The van der Waals surface area contributed by atoms with E-state index in [1.807, 2.05) is 0 Å². The van der Waals surface area contributed by atoms with Crippen LogP contribution in [0.2, 0.25) is 0 Å². The molecule has 1 aromatic heterocycles. The molecule has 6 nitrogen and oxygen atoms in total. The first kappa shape index (κ1) is 27.5. The molecule has 0 N–H and O–H groups in total. The largest absolute Gasteiger partial charge is 0.459 e. The summed E-state index contributed by atoms with van der Waals surface area (Å²) in [6, 6.07) is 4.23. The first-order chi connectivity index (χ1) is 17.1. The molecule has 0 aliphatic carbocycles. The number of thiophene rings is 1. The van der Waals surface area contributed by atoms with Gasteiger partial charge in [0.05, 0.1) is 11.7 Å². The van der Waals surface area contributed by atoms with Crippen molar-refractivity contribution in [2.75, 3.05) is 32.2 Å². The van der Waals surface area contributed by atoms with Crippen molar-refractivity contribution in [3.8, 4) is 0 Å². The van der Waals surface area contributed by atoms with Crippen LogP contribution >= 0.6 is 11.3 Å². The summed E-state index contributed by atoms with van der Waals surface area (Å²) < 4.78 is 122. The van der Waals surface area contributed by atoms with E-state index in [-0.39, 0.29) is 13.1 Å². The molecule has 2 aromatic rings. The third-order valence-electron chi connectivity index (χ3n) is 6.02. The van der Waals surface area contributed by atoms with Crippen molar-refractivity contribution < 1.29 is 39.2 Å². The van der Waals surface area contributed by atoms with Crippen LogP contribution in [0.25, 0.3) is 5.57 Å². The highest BCUT2D eigenvalue weighted by Crippen LogP contribution is 2.46. The van der Waals surface area contributed by atoms with Gasteiger partial charge in [-0.1, -0.05) is 6.08 Å². The standard InChI is InChI=1S/C22H21F7N4O2S2/c1-31(2)37(34,35)32-9-7-13(8-10-32)18-5-6-19(36-18)17-12-20(21(25,26)22(27,28)29)30-33(17)16-4-3-14(23)11-15(16)24/h3-7,11,17H,8-10,12H2,1-2H3. The number of hydrazone groups is 1. The van der Waals surface area contributed by atoms with Crippen LogP contribution in [-0.4, -0.2) is 62.0 Å². The molecule has 0 radical (unpaired) electrons. The minimum absolute atomic E-state index is 0.102. The normalized spacial score (nSPS) is 19.9. The number of hydrogen-bond acceptors (Lipinski definition) is 5. The predicted octanol–water partition coefficient (Wildman–Crippen LogP) is 5.43. The molecule has 202 valence electrons. The Morgan fingerprint density at radius 3 is 2.35 bits per heavy atom. The van der Waals surface area contributed by atoms with Gasteiger partial charge in [-0.3, -0.25) is 5.01 Å². The van der Waals surface area contributed by atoms with Crippen LogP contribution in [0.15, 0.2) is 41.5 Å². The molecule has 1 atom stereocenters. The molecule has 3 heterocycles. The van der Waals surface area contributed by atoms with Crippen LogP contribution in [0.5, 0.6) is 0 Å². The molecule has 1 unspecified atom stereocenters. The second-order valence-electron chi connectivity index (χ2n) is 8.61. The van der Waals surface area contributed by atoms with E-state index in [0.717, 1.165) is 38.4 Å². The summed E-state index contributed by atoms with van der Waals surface area (Å²) in [6.07, 6.45) is -4.69. The first-order valence-corrected chi connectivity index (χ1v) is 13.1. The van der Waals surface area contributed by atoms with E-state index in [4.69, 9.17) is 0 Å². The number of alkyl halides is 5. The van der Waals surface area contributed by atoms with Crippen LogP contribution in [-0.2, 0) is 10.2 Å². The Bertz CT molecular complexity index is 1350. The monoisotopic (exact) mass is 570 g/mol. The van der Waals surface area contributed by atoms with Crippen LogP contribution < -0.4 is 5.01 Å². The number of anilines is 1. The van der Waals surface area contributed by atoms with Crippen molar-refractivity contribution in [2.24, 2.45) is 5.10 Å². The number of nitrogens with zero attached hydrogens (tertiary/aromatic N) is 4. The lowest BCUT2D eigenvalue weighted by molar-refractivity contribution is -0.249. The SMILES string of the molecule is CN(C)S(=O)(=O)N1CC=C(c2ccc(C3CC(C(F)(F)C(F)(F)F)=NN3c3ccc(F)cc3F)s2)CC1. The fourth-order valence-corrected chi connectivity index (χ4v) is 6.20. The van der Waals surface area contributed by atoms with Crippen molar-refractivity contribution in [3.05, 3.63) is 57.8 Å². The van der Waals surface area contributed by atoms with Gasteiger partial charge in [-0.25, -0.2) is 8.78 Å². The maximum Gasteiger partial charge on any atom is 0.459 e. The summed E-state index contributed by atoms with van der Waals surface area (Å²) in [7, 11) is -0.787. The molecular formula is C22H21F7N4O2S2. The summed E-state index contributed by atoms with van der Waals surface area (Å²) >= 11 is 1.09. The van der Waals surface area contributed by atoms with E-state index in [0.29, 0.717) is 22.2 Å². The average molecular weight is 571 g/mol. The van der Waals surface area contributed by atoms with Crippen molar-refractivity contribution in [3.63, 3.8) is 0 Å². The Balaban J connectivity index is 1.65. The molecule has 0 amide bonds. The zero-order valence-electron chi connectivity index (χ0n) is 19.4. The van der Waals surface area contributed by atoms with Gasteiger partial charge >= 0.3 is 12.1 Å². The summed E-state index contributed by atoms with van der Waals surface area (Å²) in [4.78, 5) is 0.993. The molecule has 15 heteroatoms. The molecule has 4 rings (SSSR count). The summed E-state index contributed by atoms with van der Waals surface area (Å²) in [5.74, 6) is -7.36. The van der Waals surface area contributed by atoms with Gasteiger partial charge in [0.2, 0.25) is 0 Å². The zero-order chi connectivity index (χ0) is 27.3. The third-order valence-corrected chi connectivity index (χ3v) is 9.19. The van der Waals surface area contributed by atoms with E-state index in [1.54, 1.807) is 12.1 Å². The van der Waals surface area contributed by atoms with Crippen LogP contribution in [0.4, 0.5) is 36.4 Å². The second-order valence-corrected chi connectivity index (χ2v) is 11.9. The minimum Gasteiger partial charge on any atom is -0.254 e. The average Bonchev–Trinajstić information content (AvgIpc) is 3.46. The van der Waals surface area contributed by atoms with Crippen LogP contribution in [0.1, 0.15) is 28.6 Å². The van der Waals surface area contributed by atoms with Crippen molar-refractivity contribution in [1.82, 2.24) is 8.61 Å². The Hall–Kier alpha value is -2.49. The van der Waals surface area contributed by atoms with Gasteiger partial charge in [-0.15, -0.1) is 11.3 Å². The fourth-order valence-electron chi connectivity index (χ4n) is 3.99. The molecule has 0 saturated carbocycles. The molecule has 0 spiro atoms. The van der Waals surface area contributed by atoms with Gasteiger partial charge in [0, 0.05) is 49.4 Å². The van der Waals surface area contributed by atoms with E-state index < -0.39 is 57.8 Å². The molecule has 2 aliphatic rings. The van der Waals surface area contributed by atoms with Gasteiger partial charge in [-0.2, -0.15) is 44.1 Å². The summed E-state index contributed by atoms with van der Waals surface area (Å²) in [5.41, 5.74) is -1.15. The smallest absolute Gasteiger partial charge is 0.254 e. The van der Waals surface area contributed by atoms with Crippen molar-refractivity contribution in [2.45, 2.75) is 31.0 Å². The van der Waals surface area contributed by atoms with Gasteiger partial charge in [0.25, 0.3) is 10.2 Å². The number of rotatable bonds is 6. The Morgan fingerprint density at radius 2 is 1.78 bits per heavy atom. The zero-order valence-corrected chi connectivity index (χ0v) is 21.1. The first-order valence-electron chi connectivity index (χ1n) is 10.9. The number of benzene rings is 1. The Labute approximate surface area is 212 Å². The van der Waals surface area contributed by atoms with Crippen molar-refractivity contribution in [1.29, 1.82) is 0 Å². The summed E-state index contributed by atoms with van der Waals surface area (Å²) in [5, 5.41) is 4.17. The lowest BCUT2D eigenvalue weighted by Crippen LogP contribution is -2.43. The van der Waals surface area contributed by atoms with Gasteiger partial charge in [0.1, 0.15) is 11.5 Å². The molecule has 0 fully saturated rings.